The monoisotopic (exact) mass is 316 g/mol. The number of imidazole rings is 1. The second-order valence-corrected chi connectivity index (χ2v) is 6.15. The van der Waals surface area contributed by atoms with Crippen LogP contribution in [0.15, 0.2) is 12.1 Å². The van der Waals surface area contributed by atoms with E-state index in [-0.39, 0.29) is 16.8 Å². The van der Waals surface area contributed by atoms with Crippen molar-refractivity contribution in [2.24, 2.45) is 5.41 Å². The summed E-state index contributed by atoms with van der Waals surface area (Å²) in [5, 5.41) is 0. The SMILES string of the molecule is COCCC(C)(C)Cn1c(CCl)nc2ccc(F)c(F)c21. The van der Waals surface area contributed by atoms with Crippen molar-refractivity contribution in [3.8, 4) is 0 Å². The van der Waals surface area contributed by atoms with Crippen LogP contribution in [0.4, 0.5) is 8.78 Å². The van der Waals surface area contributed by atoms with E-state index in [0.717, 1.165) is 12.5 Å². The van der Waals surface area contributed by atoms with Gasteiger partial charge in [-0.15, -0.1) is 11.6 Å². The molecule has 0 radical (unpaired) electrons. The number of alkyl halides is 1. The molecule has 0 fully saturated rings. The molecule has 0 aliphatic rings. The third-order valence-electron chi connectivity index (χ3n) is 3.57. The summed E-state index contributed by atoms with van der Waals surface area (Å²) in [6.07, 6.45) is 0.793. The number of hydrogen-bond donors (Lipinski definition) is 0. The molecule has 6 heteroatoms. The Kier molecular flexibility index (Phi) is 4.84. The van der Waals surface area contributed by atoms with Crippen LogP contribution in [-0.2, 0) is 17.2 Å². The number of methoxy groups -OCH3 is 1. The molecule has 0 aliphatic heterocycles. The zero-order chi connectivity index (χ0) is 15.6. The maximum atomic E-state index is 14.1. The van der Waals surface area contributed by atoms with Gasteiger partial charge in [-0.3, -0.25) is 0 Å². The Balaban J connectivity index is 2.48. The molecule has 0 amide bonds. The van der Waals surface area contributed by atoms with Crippen LogP contribution in [0.1, 0.15) is 26.1 Å². The molecule has 0 unspecified atom stereocenters. The van der Waals surface area contributed by atoms with Gasteiger partial charge >= 0.3 is 0 Å². The third kappa shape index (κ3) is 3.35. The summed E-state index contributed by atoms with van der Waals surface area (Å²) in [6, 6.07) is 2.56. The number of fused-ring (bicyclic) bond motifs is 1. The van der Waals surface area contributed by atoms with Crippen LogP contribution >= 0.6 is 11.6 Å². The van der Waals surface area contributed by atoms with Crippen LogP contribution in [0.2, 0.25) is 0 Å². The number of ether oxygens (including phenoxy) is 1. The standard InChI is InChI=1S/C15H19ClF2N2O/c1-15(2,6-7-21-3)9-20-12(8-16)19-11-5-4-10(17)13(18)14(11)20/h4-5H,6-9H2,1-3H3. The Labute approximate surface area is 127 Å². The maximum absolute atomic E-state index is 14.1. The molecule has 3 nitrogen and oxygen atoms in total. The highest BCUT2D eigenvalue weighted by Crippen LogP contribution is 2.29. The molecular weight excluding hydrogens is 298 g/mol. The summed E-state index contributed by atoms with van der Waals surface area (Å²) in [6.45, 7) is 5.20. The lowest BCUT2D eigenvalue weighted by atomic mass is 9.89. The van der Waals surface area contributed by atoms with E-state index in [0.29, 0.717) is 24.5 Å². The summed E-state index contributed by atoms with van der Waals surface area (Å²) in [5.74, 6) is -1.06. The zero-order valence-electron chi connectivity index (χ0n) is 12.4. The average Bonchev–Trinajstić information content (AvgIpc) is 2.78. The first-order valence-corrected chi connectivity index (χ1v) is 7.31. The van der Waals surface area contributed by atoms with E-state index in [1.54, 1.807) is 11.7 Å². The van der Waals surface area contributed by atoms with Crippen LogP contribution in [0.3, 0.4) is 0 Å². The highest BCUT2D eigenvalue weighted by molar-refractivity contribution is 6.16. The molecule has 0 saturated heterocycles. The van der Waals surface area contributed by atoms with E-state index in [1.165, 1.54) is 6.07 Å². The van der Waals surface area contributed by atoms with E-state index < -0.39 is 11.6 Å². The highest BCUT2D eigenvalue weighted by atomic mass is 35.5. The van der Waals surface area contributed by atoms with Crippen molar-refractivity contribution in [3.63, 3.8) is 0 Å². The minimum absolute atomic E-state index is 0.149. The van der Waals surface area contributed by atoms with Crippen LogP contribution in [0.5, 0.6) is 0 Å². The van der Waals surface area contributed by atoms with Gasteiger partial charge in [0.1, 0.15) is 11.3 Å². The molecule has 21 heavy (non-hydrogen) atoms. The summed E-state index contributed by atoms with van der Waals surface area (Å²) in [7, 11) is 1.64. The van der Waals surface area contributed by atoms with Crippen molar-refractivity contribution in [1.29, 1.82) is 0 Å². The quantitative estimate of drug-likeness (QED) is 0.750. The Bertz CT molecular complexity index is 640. The first-order chi connectivity index (χ1) is 9.89. The fourth-order valence-electron chi connectivity index (χ4n) is 2.36. The molecule has 2 aromatic rings. The predicted molar refractivity (Wildman–Crippen MR) is 79.5 cm³/mol. The summed E-state index contributed by atoms with van der Waals surface area (Å²) >= 11 is 5.90. The Hall–Kier alpha value is -1.20. The normalized spacial score (nSPS) is 12.3. The van der Waals surface area contributed by atoms with E-state index >= 15 is 0 Å². The average molecular weight is 317 g/mol. The largest absolute Gasteiger partial charge is 0.385 e. The Morgan fingerprint density at radius 1 is 1.33 bits per heavy atom. The van der Waals surface area contributed by atoms with Crippen LogP contribution in [-0.4, -0.2) is 23.3 Å². The Morgan fingerprint density at radius 3 is 2.67 bits per heavy atom. The zero-order valence-corrected chi connectivity index (χ0v) is 13.2. The van der Waals surface area contributed by atoms with Crippen LogP contribution < -0.4 is 0 Å². The molecule has 0 aliphatic carbocycles. The van der Waals surface area contributed by atoms with Crippen LogP contribution in [0, 0.1) is 17.0 Å². The molecule has 1 aromatic carbocycles. The molecule has 2 rings (SSSR count). The Morgan fingerprint density at radius 2 is 2.05 bits per heavy atom. The molecule has 0 bridgehead atoms. The molecule has 1 aromatic heterocycles. The maximum Gasteiger partial charge on any atom is 0.184 e. The number of rotatable bonds is 6. The van der Waals surface area contributed by atoms with Gasteiger partial charge in [0.25, 0.3) is 0 Å². The van der Waals surface area contributed by atoms with Crippen LogP contribution in [0.25, 0.3) is 11.0 Å². The molecule has 0 N–H and O–H groups in total. The smallest absolute Gasteiger partial charge is 0.184 e. The molecule has 116 valence electrons. The van der Waals surface area contributed by atoms with Crippen molar-refractivity contribution in [3.05, 3.63) is 29.6 Å². The minimum atomic E-state index is -0.876. The first-order valence-electron chi connectivity index (χ1n) is 6.77. The predicted octanol–water partition coefficient (Wildman–Crippen LogP) is 4.12. The lowest BCUT2D eigenvalue weighted by Gasteiger charge is -2.26. The number of nitrogens with zero attached hydrogens (tertiary/aromatic N) is 2. The molecule has 1 heterocycles. The molecule has 0 spiro atoms. The van der Waals surface area contributed by atoms with E-state index in [9.17, 15) is 8.78 Å². The van der Waals surface area contributed by atoms with Gasteiger partial charge in [0.15, 0.2) is 11.6 Å². The van der Waals surface area contributed by atoms with E-state index in [1.807, 2.05) is 13.8 Å². The minimum Gasteiger partial charge on any atom is -0.385 e. The third-order valence-corrected chi connectivity index (χ3v) is 3.81. The summed E-state index contributed by atoms with van der Waals surface area (Å²) in [4.78, 5) is 4.29. The lowest BCUT2D eigenvalue weighted by molar-refractivity contribution is 0.142. The van der Waals surface area contributed by atoms with Crippen molar-refractivity contribution in [2.75, 3.05) is 13.7 Å². The van der Waals surface area contributed by atoms with Gasteiger partial charge in [0.05, 0.1) is 11.4 Å². The lowest BCUT2D eigenvalue weighted by Crippen LogP contribution is -2.23. The van der Waals surface area contributed by atoms with Crippen molar-refractivity contribution in [1.82, 2.24) is 9.55 Å². The summed E-state index contributed by atoms with van der Waals surface area (Å²) < 4.78 is 34.4. The second kappa shape index (κ2) is 6.28. The molecule has 0 saturated carbocycles. The topological polar surface area (TPSA) is 27.1 Å². The van der Waals surface area contributed by atoms with Gasteiger partial charge in [-0.25, -0.2) is 13.8 Å². The molecule has 0 atom stereocenters. The fraction of sp³-hybridized carbons (Fsp3) is 0.533. The first kappa shape index (κ1) is 16.2. The van der Waals surface area contributed by atoms with E-state index in [4.69, 9.17) is 16.3 Å². The highest BCUT2D eigenvalue weighted by Gasteiger charge is 2.24. The van der Waals surface area contributed by atoms with Crippen molar-refractivity contribution in [2.45, 2.75) is 32.7 Å². The fourth-order valence-corrected chi connectivity index (χ4v) is 2.57. The number of benzene rings is 1. The van der Waals surface area contributed by atoms with E-state index in [2.05, 4.69) is 4.98 Å². The van der Waals surface area contributed by atoms with Crippen molar-refractivity contribution < 1.29 is 13.5 Å². The van der Waals surface area contributed by atoms with Gasteiger partial charge in [0.2, 0.25) is 0 Å². The molecular formula is C15H19ClF2N2O. The van der Waals surface area contributed by atoms with Gasteiger partial charge in [-0.05, 0) is 24.0 Å². The van der Waals surface area contributed by atoms with Crippen molar-refractivity contribution >= 4 is 22.6 Å². The van der Waals surface area contributed by atoms with Gasteiger partial charge in [-0.2, -0.15) is 0 Å². The van der Waals surface area contributed by atoms with Gasteiger partial charge in [-0.1, -0.05) is 13.8 Å². The number of hydrogen-bond acceptors (Lipinski definition) is 2. The number of halogens is 3. The number of aromatic nitrogens is 2. The second-order valence-electron chi connectivity index (χ2n) is 5.88. The van der Waals surface area contributed by atoms with Gasteiger partial charge in [0, 0.05) is 20.3 Å². The summed E-state index contributed by atoms with van der Waals surface area (Å²) in [5.41, 5.74) is 0.451. The van der Waals surface area contributed by atoms with Gasteiger partial charge < -0.3 is 9.30 Å².